The van der Waals surface area contributed by atoms with Crippen molar-refractivity contribution in [3.8, 4) is 17.2 Å². The Bertz CT molecular complexity index is 807. The van der Waals surface area contributed by atoms with E-state index >= 15 is 0 Å². The van der Waals surface area contributed by atoms with Crippen LogP contribution in [0.3, 0.4) is 0 Å². The lowest BCUT2D eigenvalue weighted by Crippen LogP contribution is -2.13. The standard InChI is InChI=1S/C21H28N2O4S/c1-5-25-16-11-14(12-17(26-6-2)19(16)27-7-3)20(24)23-21-22-15-9-8-13(4)10-18(15)28-21/h11-13H,5-10H2,1-4H3,(H,22,23,24)/t13-/m0/s1. The normalized spacial score (nSPS) is 15.6. The van der Waals surface area contributed by atoms with Crippen molar-refractivity contribution in [2.75, 3.05) is 25.1 Å². The van der Waals surface area contributed by atoms with Crippen LogP contribution >= 0.6 is 11.3 Å². The van der Waals surface area contributed by atoms with Crippen LogP contribution in [0.25, 0.3) is 0 Å². The van der Waals surface area contributed by atoms with Gasteiger partial charge < -0.3 is 14.2 Å². The van der Waals surface area contributed by atoms with E-state index in [0.29, 0.717) is 53.7 Å². The Morgan fingerprint density at radius 3 is 2.39 bits per heavy atom. The zero-order chi connectivity index (χ0) is 20.1. The molecule has 0 bridgehead atoms. The van der Waals surface area contributed by atoms with Gasteiger partial charge >= 0.3 is 0 Å². The van der Waals surface area contributed by atoms with Gasteiger partial charge in [-0.1, -0.05) is 6.92 Å². The van der Waals surface area contributed by atoms with E-state index in [1.54, 1.807) is 23.5 Å². The number of nitrogens with zero attached hydrogens (tertiary/aromatic N) is 1. The average Bonchev–Trinajstić information content (AvgIpc) is 3.05. The molecule has 0 fully saturated rings. The van der Waals surface area contributed by atoms with Crippen molar-refractivity contribution < 1.29 is 19.0 Å². The van der Waals surface area contributed by atoms with Gasteiger partial charge in [0.15, 0.2) is 16.6 Å². The number of benzene rings is 1. The first-order valence-corrected chi connectivity index (χ1v) is 10.7. The molecule has 6 nitrogen and oxygen atoms in total. The van der Waals surface area contributed by atoms with Crippen molar-refractivity contribution in [1.29, 1.82) is 0 Å². The van der Waals surface area contributed by atoms with Gasteiger partial charge in [0.25, 0.3) is 5.91 Å². The first kappa shape index (κ1) is 20.5. The molecule has 2 aromatic rings. The summed E-state index contributed by atoms with van der Waals surface area (Å²) in [6.07, 6.45) is 3.17. The maximum atomic E-state index is 12.9. The van der Waals surface area contributed by atoms with Gasteiger partial charge in [-0.15, -0.1) is 11.3 Å². The van der Waals surface area contributed by atoms with E-state index in [-0.39, 0.29) is 5.91 Å². The summed E-state index contributed by atoms with van der Waals surface area (Å²) < 4.78 is 17.1. The molecule has 1 atom stereocenters. The minimum atomic E-state index is -0.232. The number of thiazole rings is 1. The molecular weight excluding hydrogens is 376 g/mol. The molecule has 1 aliphatic carbocycles. The molecule has 0 spiro atoms. The molecule has 1 aromatic heterocycles. The summed E-state index contributed by atoms with van der Waals surface area (Å²) in [6.45, 7) is 9.35. The largest absolute Gasteiger partial charge is 0.490 e. The minimum Gasteiger partial charge on any atom is -0.490 e. The maximum absolute atomic E-state index is 12.9. The first-order chi connectivity index (χ1) is 13.5. The fourth-order valence-electron chi connectivity index (χ4n) is 3.28. The third kappa shape index (κ3) is 4.58. The Kier molecular flexibility index (Phi) is 6.78. The molecule has 1 aromatic carbocycles. The molecule has 1 aliphatic rings. The van der Waals surface area contributed by atoms with Crippen LogP contribution in [0.5, 0.6) is 17.2 Å². The molecule has 1 amide bonds. The lowest BCUT2D eigenvalue weighted by molar-refractivity contribution is 0.102. The van der Waals surface area contributed by atoms with E-state index in [2.05, 4.69) is 17.2 Å². The van der Waals surface area contributed by atoms with Crippen molar-refractivity contribution in [3.63, 3.8) is 0 Å². The highest BCUT2D eigenvalue weighted by Gasteiger charge is 2.22. The minimum absolute atomic E-state index is 0.232. The molecule has 0 radical (unpaired) electrons. The third-order valence-corrected chi connectivity index (χ3v) is 5.61. The average molecular weight is 405 g/mol. The molecule has 0 unspecified atom stereocenters. The third-order valence-electron chi connectivity index (χ3n) is 4.58. The second kappa shape index (κ2) is 9.28. The van der Waals surface area contributed by atoms with Crippen LogP contribution in [0.15, 0.2) is 12.1 Å². The topological polar surface area (TPSA) is 69.7 Å². The van der Waals surface area contributed by atoms with Gasteiger partial charge in [0.2, 0.25) is 5.75 Å². The van der Waals surface area contributed by atoms with E-state index < -0.39 is 0 Å². The molecule has 0 saturated heterocycles. The number of anilines is 1. The molecule has 0 saturated carbocycles. The number of aromatic nitrogens is 1. The van der Waals surface area contributed by atoms with Crippen LogP contribution in [0.2, 0.25) is 0 Å². The number of ether oxygens (including phenoxy) is 3. The van der Waals surface area contributed by atoms with Crippen LogP contribution in [0.1, 0.15) is 55.0 Å². The van der Waals surface area contributed by atoms with Crippen molar-refractivity contribution in [2.45, 2.75) is 47.0 Å². The monoisotopic (exact) mass is 404 g/mol. The summed E-state index contributed by atoms with van der Waals surface area (Å²) in [5.41, 5.74) is 1.58. The summed E-state index contributed by atoms with van der Waals surface area (Å²) in [4.78, 5) is 18.8. The Morgan fingerprint density at radius 1 is 1.14 bits per heavy atom. The highest BCUT2D eigenvalue weighted by Crippen LogP contribution is 2.39. The van der Waals surface area contributed by atoms with E-state index in [4.69, 9.17) is 14.2 Å². The van der Waals surface area contributed by atoms with E-state index in [1.165, 1.54) is 4.88 Å². The summed E-state index contributed by atoms with van der Waals surface area (Å²) in [5, 5.41) is 3.58. The van der Waals surface area contributed by atoms with Crippen LogP contribution < -0.4 is 19.5 Å². The summed E-state index contributed by atoms with van der Waals surface area (Å²) in [7, 11) is 0. The van der Waals surface area contributed by atoms with Gasteiger partial charge in [-0.25, -0.2) is 4.98 Å². The number of amides is 1. The van der Waals surface area contributed by atoms with E-state index in [9.17, 15) is 4.79 Å². The predicted octanol–water partition coefficient (Wildman–Crippen LogP) is 4.72. The maximum Gasteiger partial charge on any atom is 0.257 e. The number of carbonyl (C=O) groups excluding carboxylic acids is 1. The number of nitrogens with one attached hydrogen (secondary N) is 1. The highest BCUT2D eigenvalue weighted by molar-refractivity contribution is 7.15. The van der Waals surface area contributed by atoms with Crippen LogP contribution in [-0.2, 0) is 12.8 Å². The number of hydrogen-bond donors (Lipinski definition) is 1. The molecule has 7 heteroatoms. The smallest absolute Gasteiger partial charge is 0.257 e. The second-order valence-corrected chi connectivity index (χ2v) is 7.88. The van der Waals surface area contributed by atoms with Crippen LogP contribution in [0.4, 0.5) is 5.13 Å². The summed E-state index contributed by atoms with van der Waals surface area (Å²) >= 11 is 1.57. The van der Waals surface area contributed by atoms with Gasteiger partial charge in [-0.2, -0.15) is 0 Å². The number of carbonyl (C=O) groups is 1. The molecular formula is C21H28N2O4S. The van der Waals surface area contributed by atoms with Gasteiger partial charge in [-0.05, 0) is 58.1 Å². The van der Waals surface area contributed by atoms with E-state index in [1.807, 2.05) is 20.8 Å². The van der Waals surface area contributed by atoms with Gasteiger partial charge in [0.1, 0.15) is 0 Å². The van der Waals surface area contributed by atoms with Crippen LogP contribution in [0, 0.1) is 5.92 Å². The first-order valence-electron chi connectivity index (χ1n) is 9.91. The second-order valence-electron chi connectivity index (χ2n) is 6.79. The van der Waals surface area contributed by atoms with Gasteiger partial charge in [0, 0.05) is 10.4 Å². The Hall–Kier alpha value is -2.28. The van der Waals surface area contributed by atoms with Crippen molar-refractivity contribution in [1.82, 2.24) is 4.98 Å². The molecule has 0 aliphatic heterocycles. The molecule has 1 heterocycles. The van der Waals surface area contributed by atoms with Crippen molar-refractivity contribution in [3.05, 3.63) is 28.3 Å². The quantitative estimate of drug-likeness (QED) is 0.690. The lowest BCUT2D eigenvalue weighted by atomic mass is 9.93. The predicted molar refractivity (Wildman–Crippen MR) is 111 cm³/mol. The van der Waals surface area contributed by atoms with Gasteiger partial charge in [0.05, 0.1) is 25.5 Å². The molecule has 1 N–H and O–H groups in total. The van der Waals surface area contributed by atoms with Gasteiger partial charge in [-0.3, -0.25) is 10.1 Å². The number of hydrogen-bond acceptors (Lipinski definition) is 6. The zero-order valence-corrected chi connectivity index (χ0v) is 17.8. The fourth-order valence-corrected chi connectivity index (χ4v) is 4.45. The Morgan fingerprint density at radius 2 is 1.79 bits per heavy atom. The zero-order valence-electron chi connectivity index (χ0n) is 17.0. The molecule has 28 heavy (non-hydrogen) atoms. The number of rotatable bonds is 8. The highest BCUT2D eigenvalue weighted by atomic mass is 32.1. The molecule has 3 rings (SSSR count). The fraction of sp³-hybridized carbons (Fsp3) is 0.524. The molecule has 152 valence electrons. The van der Waals surface area contributed by atoms with Crippen molar-refractivity contribution in [2.24, 2.45) is 5.92 Å². The lowest BCUT2D eigenvalue weighted by Gasteiger charge is -2.16. The summed E-state index contributed by atoms with van der Waals surface area (Å²) in [5.74, 6) is 1.98. The number of fused-ring (bicyclic) bond motifs is 1. The number of aryl methyl sites for hydroxylation is 1. The van der Waals surface area contributed by atoms with Crippen molar-refractivity contribution >= 4 is 22.4 Å². The SMILES string of the molecule is CCOc1cc(C(=O)Nc2nc3c(s2)C[C@@H](C)CC3)cc(OCC)c1OCC. The van der Waals surface area contributed by atoms with Crippen LogP contribution in [-0.4, -0.2) is 30.7 Å². The summed E-state index contributed by atoms with van der Waals surface area (Å²) in [6, 6.07) is 3.39. The Balaban J connectivity index is 1.86. The van der Waals surface area contributed by atoms with E-state index in [0.717, 1.165) is 25.0 Å². The Labute approximate surface area is 170 Å².